The van der Waals surface area contributed by atoms with Crippen LogP contribution in [0.1, 0.15) is 169 Å². The van der Waals surface area contributed by atoms with Crippen LogP contribution in [0.3, 0.4) is 0 Å². The van der Waals surface area contributed by atoms with Gasteiger partial charge in [-0.1, -0.05) is 162 Å². The van der Waals surface area contributed by atoms with Gasteiger partial charge in [-0.2, -0.15) is 0 Å². The second kappa shape index (κ2) is 23.4. The van der Waals surface area contributed by atoms with Crippen LogP contribution < -0.4 is 0 Å². The zero-order chi connectivity index (χ0) is 38.8. The first-order valence-corrected chi connectivity index (χ1v) is 20.2. The summed E-state index contributed by atoms with van der Waals surface area (Å²) in [5.74, 6) is 2.41. The van der Waals surface area contributed by atoms with Crippen molar-refractivity contribution in [2.45, 2.75) is 175 Å². The number of ketones is 1. The fourth-order valence-electron chi connectivity index (χ4n) is 4.77. The third-order valence-corrected chi connectivity index (χ3v) is 10.7. The van der Waals surface area contributed by atoms with Crippen molar-refractivity contribution in [3.8, 4) is 0 Å². The van der Waals surface area contributed by atoms with Gasteiger partial charge in [-0.05, 0) is 90.7 Å². The third-order valence-electron chi connectivity index (χ3n) is 9.07. The molecule has 3 rings (SSSR count). The topological polar surface area (TPSA) is 46.5 Å². The van der Waals surface area contributed by atoms with Crippen molar-refractivity contribution in [3.63, 3.8) is 0 Å². The number of rotatable bonds is 7. The van der Waals surface area contributed by atoms with E-state index in [1.54, 1.807) is 12.2 Å². The number of unbranched alkanes of at least 4 members (excludes halogenated alkanes) is 1. The fourth-order valence-corrected chi connectivity index (χ4v) is 6.46. The molecule has 49 heavy (non-hydrogen) atoms. The lowest BCUT2D eigenvalue weighted by atomic mass is 9.72. The zero-order valence-corrected chi connectivity index (χ0v) is 36.3. The number of hydrogen-bond acceptors (Lipinski definition) is 3. The molecule has 0 bridgehead atoms. The standard InChI is InChI=1S/C21H31O2P.C12H18O.C6H14.C4H10.C2H6/c1-13(22)16-12-18-19(23-16)15(20(2,3)4)11-17(24-18)14-7-9-21(5,6)10-8-14;1-6-10(4)7-8-12(9(2)3)11(5)13;1-5-6(2,3)4;1-3-4-2;1-2/h11-12,14,18,24H,7-10H2,1-6H3;7-8,13H,2,5-6H2,1,3-4H3;5H2,1-4H3;3-4H2,1-2H3;1-2H3/b;10-7-,12-8+;;;. The van der Waals surface area contributed by atoms with Crippen LogP contribution in [-0.4, -0.2) is 16.5 Å². The summed E-state index contributed by atoms with van der Waals surface area (Å²) in [6, 6.07) is 0. The zero-order valence-electron chi connectivity index (χ0n) is 35.3. The lowest BCUT2D eigenvalue weighted by Crippen LogP contribution is -2.24. The van der Waals surface area contributed by atoms with Gasteiger partial charge < -0.3 is 9.84 Å². The Hall–Kier alpha value is -2.12. The van der Waals surface area contributed by atoms with E-state index in [-0.39, 0.29) is 22.6 Å². The number of allylic oxidation sites excluding steroid dienone is 9. The molecule has 3 nitrogen and oxygen atoms in total. The highest BCUT2D eigenvalue weighted by Crippen LogP contribution is 2.54. The first kappa shape index (κ1) is 49.0. The van der Waals surface area contributed by atoms with Gasteiger partial charge in [0.15, 0.2) is 11.5 Å². The Morgan fingerprint density at radius 2 is 1.45 bits per heavy atom. The molecule has 1 fully saturated rings. The Labute approximate surface area is 307 Å². The molecule has 0 spiro atoms. The van der Waals surface area contributed by atoms with Crippen molar-refractivity contribution in [2.75, 3.05) is 0 Å². The van der Waals surface area contributed by atoms with Gasteiger partial charge in [-0.3, -0.25) is 4.79 Å². The predicted octanol–water partition coefficient (Wildman–Crippen LogP) is 15.1. The van der Waals surface area contributed by atoms with Gasteiger partial charge in [0.1, 0.15) is 11.5 Å². The highest BCUT2D eigenvalue weighted by molar-refractivity contribution is 7.44. The van der Waals surface area contributed by atoms with E-state index in [1.165, 1.54) is 56.1 Å². The summed E-state index contributed by atoms with van der Waals surface area (Å²) in [5, 5.41) is 10.8. The van der Waals surface area contributed by atoms with Crippen molar-refractivity contribution in [1.29, 1.82) is 0 Å². The summed E-state index contributed by atoms with van der Waals surface area (Å²) in [6.07, 6.45) is 18.5. The molecule has 0 aromatic carbocycles. The number of fused-ring (bicyclic) bond motifs is 1. The van der Waals surface area contributed by atoms with Crippen molar-refractivity contribution in [2.24, 2.45) is 22.2 Å². The first-order chi connectivity index (χ1) is 22.5. The van der Waals surface area contributed by atoms with Crippen LogP contribution in [0, 0.1) is 22.2 Å². The fraction of sp³-hybridized carbons (Fsp3) is 0.667. The van der Waals surface area contributed by atoms with E-state index in [2.05, 4.69) is 108 Å². The minimum absolute atomic E-state index is 0.0379. The van der Waals surface area contributed by atoms with Crippen LogP contribution in [0.15, 0.2) is 82.3 Å². The number of hydrogen-bond donors (Lipinski definition) is 1. The van der Waals surface area contributed by atoms with Crippen molar-refractivity contribution in [1.82, 2.24) is 0 Å². The molecule has 3 aliphatic rings. The monoisotopic (exact) mass is 699 g/mol. The Bertz CT molecular complexity index is 1180. The average molecular weight is 699 g/mol. The molecule has 0 radical (unpaired) electrons. The molecule has 2 unspecified atom stereocenters. The molecule has 2 heterocycles. The molecule has 0 aromatic rings. The molecule has 282 valence electrons. The number of carbonyl (C=O) groups excluding carboxylic acids is 1. The molecule has 1 N–H and O–H groups in total. The Morgan fingerprint density at radius 1 is 0.959 bits per heavy atom. The summed E-state index contributed by atoms with van der Waals surface area (Å²) in [6.45, 7) is 43.6. The second-order valence-corrected chi connectivity index (χ2v) is 18.0. The maximum absolute atomic E-state index is 11.8. The molecule has 0 saturated heterocycles. The molecule has 2 aliphatic heterocycles. The van der Waals surface area contributed by atoms with Crippen LogP contribution >= 0.6 is 8.58 Å². The Morgan fingerprint density at radius 3 is 1.80 bits per heavy atom. The summed E-state index contributed by atoms with van der Waals surface area (Å²) in [4.78, 5) is 11.8. The van der Waals surface area contributed by atoms with Crippen molar-refractivity contribution >= 4 is 14.4 Å². The normalized spacial score (nSPS) is 19.5. The van der Waals surface area contributed by atoms with E-state index >= 15 is 0 Å². The largest absolute Gasteiger partial charge is 0.508 e. The minimum atomic E-state index is 0.0379. The van der Waals surface area contributed by atoms with Crippen LogP contribution in [-0.2, 0) is 9.53 Å². The second-order valence-electron chi connectivity index (χ2n) is 16.5. The molecule has 2 atom stereocenters. The molecule has 4 heteroatoms. The molecule has 0 aromatic heterocycles. The SMILES string of the molecule is C=C(C)/C(=C\C=C(\C)CC)C(=C)O.CC.CC(=O)C1=CC2PC(C3CCC(C)(C)CC3)=CC(C(C)(C)C)=C2O1.CCC(C)(C)C.CCCC. The summed E-state index contributed by atoms with van der Waals surface area (Å²) < 4.78 is 5.99. The predicted molar refractivity (Wildman–Crippen MR) is 223 cm³/mol. The van der Waals surface area contributed by atoms with E-state index in [4.69, 9.17) is 4.74 Å². The van der Waals surface area contributed by atoms with Crippen LogP contribution in [0.5, 0.6) is 0 Å². The molecule has 0 amide bonds. The highest BCUT2D eigenvalue weighted by Gasteiger charge is 2.38. The molecule has 1 aliphatic carbocycles. The van der Waals surface area contributed by atoms with Crippen molar-refractivity contribution in [3.05, 3.63) is 82.3 Å². The van der Waals surface area contributed by atoms with Gasteiger partial charge in [-0.25, -0.2) is 0 Å². The Balaban J connectivity index is 0. The van der Waals surface area contributed by atoms with Gasteiger partial charge in [0.2, 0.25) is 0 Å². The van der Waals surface area contributed by atoms with Crippen LogP contribution in [0.4, 0.5) is 0 Å². The molecular weight excluding hydrogens is 619 g/mol. The van der Waals surface area contributed by atoms with E-state index in [0.717, 1.165) is 26.3 Å². The number of carbonyl (C=O) groups is 1. The van der Waals surface area contributed by atoms with E-state index < -0.39 is 0 Å². The Kier molecular flexibility index (Phi) is 23.4. The smallest absolute Gasteiger partial charge is 0.194 e. The summed E-state index contributed by atoms with van der Waals surface area (Å²) >= 11 is 0. The number of aliphatic hydroxyl groups excluding tert-OH is 1. The van der Waals surface area contributed by atoms with Crippen LogP contribution in [0.25, 0.3) is 0 Å². The highest BCUT2D eigenvalue weighted by atomic mass is 31.1. The van der Waals surface area contributed by atoms with Crippen LogP contribution in [0.2, 0.25) is 0 Å². The van der Waals surface area contributed by atoms with Gasteiger partial charge in [-0.15, -0.1) is 0 Å². The molecule has 1 saturated carbocycles. The summed E-state index contributed by atoms with van der Waals surface area (Å²) in [7, 11) is 0.733. The quantitative estimate of drug-likeness (QED) is 0.164. The minimum Gasteiger partial charge on any atom is -0.508 e. The average Bonchev–Trinajstić information content (AvgIpc) is 3.46. The van der Waals surface area contributed by atoms with Crippen molar-refractivity contribution < 1.29 is 14.6 Å². The molecular formula is C45H79O3P. The number of aliphatic hydroxyl groups is 1. The van der Waals surface area contributed by atoms with E-state index in [0.29, 0.717) is 28.1 Å². The van der Waals surface area contributed by atoms with E-state index in [9.17, 15) is 9.90 Å². The number of Topliss-reactive ketones (excluding diaryl/α,β-unsaturated/α-hetero) is 1. The van der Waals surface area contributed by atoms with E-state index in [1.807, 2.05) is 39.8 Å². The van der Waals surface area contributed by atoms with Gasteiger partial charge in [0, 0.05) is 12.5 Å². The van der Waals surface area contributed by atoms with Gasteiger partial charge >= 0.3 is 0 Å². The van der Waals surface area contributed by atoms with Gasteiger partial charge in [0.05, 0.1) is 5.66 Å². The van der Waals surface area contributed by atoms with Gasteiger partial charge in [0.25, 0.3) is 0 Å². The summed E-state index contributed by atoms with van der Waals surface area (Å²) in [5.41, 5.74) is 5.46. The maximum atomic E-state index is 11.8. The maximum Gasteiger partial charge on any atom is 0.194 e. The first-order valence-electron chi connectivity index (χ1n) is 19.1. The third kappa shape index (κ3) is 19.7. The lowest BCUT2D eigenvalue weighted by molar-refractivity contribution is -0.116. The number of ether oxygens (including phenoxy) is 1. The lowest BCUT2D eigenvalue weighted by Gasteiger charge is -2.38.